The van der Waals surface area contributed by atoms with Crippen molar-refractivity contribution in [3.05, 3.63) is 0 Å². The summed E-state index contributed by atoms with van der Waals surface area (Å²) in [6.45, 7) is 8.33. The quantitative estimate of drug-likeness (QED) is 0.856. The number of carboxylic acid groups (broad SMARTS) is 1. The van der Waals surface area contributed by atoms with E-state index in [1.807, 2.05) is 4.90 Å². The summed E-state index contributed by atoms with van der Waals surface area (Å²) in [7, 11) is 0. The number of carbonyl (C=O) groups excluding carboxylic acids is 1. The van der Waals surface area contributed by atoms with E-state index in [0.29, 0.717) is 12.6 Å². The van der Waals surface area contributed by atoms with Crippen molar-refractivity contribution in [2.75, 3.05) is 32.7 Å². The second-order valence-corrected chi connectivity index (χ2v) is 6.34. The van der Waals surface area contributed by atoms with Crippen molar-refractivity contribution in [2.45, 2.75) is 51.6 Å². The Morgan fingerprint density at radius 3 is 2.33 bits per heavy atom. The van der Waals surface area contributed by atoms with Gasteiger partial charge in [-0.15, -0.1) is 0 Å². The van der Waals surface area contributed by atoms with Crippen LogP contribution in [-0.4, -0.2) is 76.6 Å². The van der Waals surface area contributed by atoms with Crippen LogP contribution in [0.3, 0.4) is 0 Å². The van der Waals surface area contributed by atoms with E-state index in [2.05, 4.69) is 18.7 Å². The summed E-state index contributed by atoms with van der Waals surface area (Å²) in [6.07, 6.45) is 2.87. The molecule has 2 heterocycles. The van der Waals surface area contributed by atoms with Crippen molar-refractivity contribution in [3.8, 4) is 0 Å². The first-order chi connectivity index (χ1) is 9.99. The van der Waals surface area contributed by atoms with E-state index >= 15 is 0 Å². The molecule has 0 radical (unpaired) electrons. The minimum absolute atomic E-state index is 0.0318. The molecule has 1 unspecified atom stereocenters. The molecule has 2 aliphatic heterocycles. The molecular formula is C15H27N3O3. The van der Waals surface area contributed by atoms with Crippen LogP contribution < -0.4 is 0 Å². The Morgan fingerprint density at radius 2 is 1.76 bits per heavy atom. The van der Waals surface area contributed by atoms with Gasteiger partial charge < -0.3 is 14.9 Å². The SMILES string of the molecule is CC(C)N1CCN(C(=O)N2CCCCC2CC(=O)O)CC1. The number of nitrogens with zero attached hydrogens (tertiary/aromatic N) is 3. The number of hydrogen-bond donors (Lipinski definition) is 1. The van der Waals surface area contributed by atoms with Crippen LogP contribution in [0.4, 0.5) is 4.79 Å². The van der Waals surface area contributed by atoms with Crippen molar-refractivity contribution in [2.24, 2.45) is 0 Å². The number of urea groups is 1. The van der Waals surface area contributed by atoms with Gasteiger partial charge in [-0.2, -0.15) is 0 Å². The lowest BCUT2D eigenvalue weighted by Crippen LogP contribution is -2.57. The Hall–Kier alpha value is -1.30. The van der Waals surface area contributed by atoms with Crippen LogP contribution in [0.2, 0.25) is 0 Å². The minimum Gasteiger partial charge on any atom is -0.481 e. The van der Waals surface area contributed by atoms with Gasteiger partial charge in [0.25, 0.3) is 0 Å². The van der Waals surface area contributed by atoms with E-state index in [9.17, 15) is 9.59 Å². The van der Waals surface area contributed by atoms with Gasteiger partial charge in [-0.05, 0) is 33.1 Å². The average molecular weight is 297 g/mol. The molecule has 120 valence electrons. The fraction of sp³-hybridized carbons (Fsp3) is 0.867. The summed E-state index contributed by atoms with van der Waals surface area (Å²) in [4.78, 5) is 29.7. The molecule has 0 aromatic rings. The monoisotopic (exact) mass is 297 g/mol. The van der Waals surface area contributed by atoms with Crippen molar-refractivity contribution in [1.29, 1.82) is 0 Å². The highest BCUT2D eigenvalue weighted by molar-refractivity contribution is 5.76. The fourth-order valence-corrected chi connectivity index (χ4v) is 3.28. The lowest BCUT2D eigenvalue weighted by Gasteiger charge is -2.42. The minimum atomic E-state index is -0.815. The first-order valence-corrected chi connectivity index (χ1v) is 8.00. The molecule has 0 aliphatic carbocycles. The second-order valence-electron chi connectivity index (χ2n) is 6.34. The third-order valence-electron chi connectivity index (χ3n) is 4.60. The van der Waals surface area contributed by atoms with Gasteiger partial charge in [-0.3, -0.25) is 9.69 Å². The van der Waals surface area contributed by atoms with E-state index in [1.54, 1.807) is 4.90 Å². The second kappa shape index (κ2) is 7.11. The van der Waals surface area contributed by atoms with E-state index in [4.69, 9.17) is 5.11 Å². The molecular weight excluding hydrogens is 270 g/mol. The van der Waals surface area contributed by atoms with Crippen molar-refractivity contribution < 1.29 is 14.7 Å². The molecule has 2 saturated heterocycles. The van der Waals surface area contributed by atoms with Crippen molar-refractivity contribution >= 4 is 12.0 Å². The van der Waals surface area contributed by atoms with E-state index in [-0.39, 0.29) is 18.5 Å². The highest BCUT2D eigenvalue weighted by Crippen LogP contribution is 2.22. The summed E-state index contributed by atoms with van der Waals surface area (Å²) in [5, 5.41) is 9.01. The standard InChI is InChI=1S/C15H27N3O3/c1-12(2)16-7-9-17(10-8-16)15(21)18-6-4-3-5-13(18)11-14(19)20/h12-13H,3-11H2,1-2H3,(H,19,20). The third-order valence-corrected chi connectivity index (χ3v) is 4.60. The van der Waals surface area contributed by atoms with Gasteiger partial charge in [0, 0.05) is 44.8 Å². The normalized spacial score (nSPS) is 24.4. The first-order valence-electron chi connectivity index (χ1n) is 8.00. The highest BCUT2D eigenvalue weighted by atomic mass is 16.4. The van der Waals surface area contributed by atoms with Crippen LogP contribution in [0, 0.1) is 0 Å². The Kier molecular flexibility index (Phi) is 5.45. The molecule has 2 rings (SSSR count). The number of likely N-dealkylation sites (tertiary alicyclic amines) is 1. The number of carbonyl (C=O) groups is 2. The molecule has 0 aromatic carbocycles. The number of hydrogen-bond acceptors (Lipinski definition) is 3. The summed E-state index contributed by atoms with van der Waals surface area (Å²) >= 11 is 0. The van der Waals surface area contributed by atoms with Gasteiger partial charge in [0.1, 0.15) is 0 Å². The van der Waals surface area contributed by atoms with Crippen LogP contribution >= 0.6 is 0 Å². The highest BCUT2D eigenvalue weighted by Gasteiger charge is 2.32. The summed E-state index contributed by atoms with van der Waals surface area (Å²) in [5.74, 6) is -0.815. The zero-order valence-corrected chi connectivity index (χ0v) is 13.1. The van der Waals surface area contributed by atoms with Crippen molar-refractivity contribution in [1.82, 2.24) is 14.7 Å². The topological polar surface area (TPSA) is 64.1 Å². The molecule has 0 spiro atoms. The Morgan fingerprint density at radius 1 is 1.10 bits per heavy atom. The molecule has 0 bridgehead atoms. The van der Waals surface area contributed by atoms with Crippen LogP contribution in [0.1, 0.15) is 39.5 Å². The van der Waals surface area contributed by atoms with Gasteiger partial charge in [0.05, 0.1) is 6.42 Å². The molecule has 6 nitrogen and oxygen atoms in total. The molecule has 21 heavy (non-hydrogen) atoms. The van der Waals surface area contributed by atoms with Crippen LogP contribution in [-0.2, 0) is 4.79 Å². The first kappa shape index (κ1) is 16.1. The van der Waals surface area contributed by atoms with Gasteiger partial charge >= 0.3 is 12.0 Å². The summed E-state index contributed by atoms with van der Waals surface area (Å²) < 4.78 is 0. The lowest BCUT2D eigenvalue weighted by atomic mass is 10.00. The van der Waals surface area contributed by atoms with Crippen LogP contribution in [0.25, 0.3) is 0 Å². The largest absolute Gasteiger partial charge is 0.481 e. The molecule has 6 heteroatoms. The maximum absolute atomic E-state index is 12.7. The number of rotatable bonds is 3. The zero-order valence-electron chi connectivity index (χ0n) is 13.1. The van der Waals surface area contributed by atoms with Gasteiger partial charge in [-0.25, -0.2) is 4.79 Å². The molecule has 2 fully saturated rings. The summed E-state index contributed by atoms with van der Waals surface area (Å²) in [5.41, 5.74) is 0. The molecule has 1 N–H and O–H groups in total. The molecule has 0 saturated carbocycles. The Bertz CT molecular complexity index is 378. The maximum Gasteiger partial charge on any atom is 0.320 e. The molecule has 0 aromatic heterocycles. The van der Waals surface area contributed by atoms with Crippen LogP contribution in [0.5, 0.6) is 0 Å². The number of amides is 2. The van der Waals surface area contributed by atoms with Gasteiger partial charge in [0.15, 0.2) is 0 Å². The number of piperazine rings is 1. The maximum atomic E-state index is 12.7. The van der Waals surface area contributed by atoms with Gasteiger partial charge in [-0.1, -0.05) is 0 Å². The molecule has 2 amide bonds. The number of carboxylic acids is 1. The molecule has 2 aliphatic rings. The Balaban J connectivity index is 1.93. The van der Waals surface area contributed by atoms with E-state index in [1.165, 1.54) is 0 Å². The number of aliphatic carboxylic acids is 1. The zero-order chi connectivity index (χ0) is 15.4. The Labute approximate surface area is 126 Å². The van der Waals surface area contributed by atoms with Crippen LogP contribution in [0.15, 0.2) is 0 Å². The van der Waals surface area contributed by atoms with Crippen molar-refractivity contribution in [3.63, 3.8) is 0 Å². The van der Waals surface area contributed by atoms with Gasteiger partial charge in [0.2, 0.25) is 0 Å². The number of piperidine rings is 1. The predicted octanol–water partition coefficient (Wildman–Crippen LogP) is 1.46. The average Bonchev–Trinajstić information content (AvgIpc) is 2.46. The third kappa shape index (κ3) is 4.09. The fourth-order valence-electron chi connectivity index (χ4n) is 3.28. The lowest BCUT2D eigenvalue weighted by molar-refractivity contribution is -0.138. The molecule has 1 atom stereocenters. The van der Waals surface area contributed by atoms with E-state index < -0.39 is 5.97 Å². The smallest absolute Gasteiger partial charge is 0.320 e. The summed E-state index contributed by atoms with van der Waals surface area (Å²) in [6, 6.07) is 0.410. The predicted molar refractivity (Wildman–Crippen MR) is 80.3 cm³/mol. The van der Waals surface area contributed by atoms with E-state index in [0.717, 1.165) is 45.4 Å².